The summed E-state index contributed by atoms with van der Waals surface area (Å²) in [5.74, 6) is -0.658. The van der Waals surface area contributed by atoms with Crippen LogP contribution in [0.5, 0.6) is 0 Å². The number of primary amides is 1. The molecule has 3 N–H and O–H groups in total. The summed E-state index contributed by atoms with van der Waals surface area (Å²) in [7, 11) is 0. The molecule has 0 bridgehead atoms. The molecule has 0 fully saturated rings. The van der Waals surface area contributed by atoms with E-state index in [1.165, 1.54) is 0 Å². The van der Waals surface area contributed by atoms with Crippen LogP contribution in [-0.4, -0.2) is 21.6 Å². The van der Waals surface area contributed by atoms with Crippen LogP contribution >= 0.6 is 0 Å². The van der Waals surface area contributed by atoms with Gasteiger partial charge in [-0.25, -0.2) is 4.68 Å². The largest absolute Gasteiger partial charge is 0.364 e. The van der Waals surface area contributed by atoms with Crippen molar-refractivity contribution in [3.05, 3.63) is 90.3 Å². The first-order chi connectivity index (χ1) is 13.6. The van der Waals surface area contributed by atoms with Crippen LogP contribution in [0.25, 0.3) is 16.5 Å². The molecule has 4 aromatic rings. The molecule has 1 aromatic heterocycles. The number of carbonyl (C=O) groups is 2. The zero-order chi connectivity index (χ0) is 19.5. The summed E-state index contributed by atoms with van der Waals surface area (Å²) in [6.45, 7) is 0. The lowest BCUT2D eigenvalue weighted by atomic mass is 10.0. The van der Waals surface area contributed by atoms with Gasteiger partial charge in [0.15, 0.2) is 0 Å². The highest BCUT2D eigenvalue weighted by molar-refractivity contribution is 5.93. The Labute approximate surface area is 161 Å². The van der Waals surface area contributed by atoms with E-state index in [0.29, 0.717) is 12.1 Å². The molecule has 4 rings (SSSR count). The van der Waals surface area contributed by atoms with E-state index in [-0.39, 0.29) is 11.6 Å². The Kier molecular flexibility index (Phi) is 4.60. The van der Waals surface area contributed by atoms with Gasteiger partial charge in [-0.2, -0.15) is 5.10 Å². The van der Waals surface area contributed by atoms with Crippen molar-refractivity contribution in [3.63, 3.8) is 0 Å². The number of fused-ring (bicyclic) bond motifs is 1. The van der Waals surface area contributed by atoms with Crippen molar-refractivity contribution in [2.45, 2.75) is 6.42 Å². The first-order valence-corrected chi connectivity index (χ1v) is 8.82. The average molecular weight is 370 g/mol. The molecule has 0 radical (unpaired) electrons. The predicted octanol–water partition coefficient (Wildman–Crippen LogP) is 3.31. The van der Waals surface area contributed by atoms with Crippen molar-refractivity contribution in [1.82, 2.24) is 9.78 Å². The van der Waals surface area contributed by atoms with Crippen LogP contribution in [0.15, 0.2) is 79.0 Å². The molecule has 3 aromatic carbocycles. The Morgan fingerprint density at radius 2 is 1.68 bits per heavy atom. The fourth-order valence-electron chi connectivity index (χ4n) is 3.04. The third-order valence-corrected chi connectivity index (χ3v) is 4.44. The molecule has 6 nitrogen and oxygen atoms in total. The minimum atomic E-state index is -0.573. The molecule has 0 spiro atoms. The average Bonchev–Trinajstić information content (AvgIpc) is 3.19. The van der Waals surface area contributed by atoms with E-state index in [2.05, 4.69) is 10.4 Å². The minimum Gasteiger partial charge on any atom is -0.364 e. The van der Waals surface area contributed by atoms with E-state index < -0.39 is 5.91 Å². The third-order valence-electron chi connectivity index (χ3n) is 4.44. The van der Waals surface area contributed by atoms with Gasteiger partial charge in [0.1, 0.15) is 5.69 Å². The van der Waals surface area contributed by atoms with Gasteiger partial charge in [-0.05, 0) is 46.7 Å². The Morgan fingerprint density at radius 3 is 2.39 bits per heavy atom. The van der Waals surface area contributed by atoms with Crippen LogP contribution < -0.4 is 11.1 Å². The van der Waals surface area contributed by atoms with Crippen molar-refractivity contribution in [2.75, 3.05) is 5.32 Å². The molecule has 0 aliphatic rings. The summed E-state index contributed by atoms with van der Waals surface area (Å²) >= 11 is 0. The van der Waals surface area contributed by atoms with Gasteiger partial charge in [-0.15, -0.1) is 0 Å². The van der Waals surface area contributed by atoms with Gasteiger partial charge in [-0.1, -0.05) is 42.5 Å². The number of rotatable bonds is 5. The van der Waals surface area contributed by atoms with Crippen LogP contribution in [0.2, 0.25) is 0 Å². The second-order valence-corrected chi connectivity index (χ2v) is 6.46. The minimum absolute atomic E-state index is 0.0851. The summed E-state index contributed by atoms with van der Waals surface area (Å²) in [6.07, 6.45) is 1.96. The number of nitrogens with zero attached hydrogens (tertiary/aromatic N) is 2. The normalized spacial score (nSPS) is 10.7. The second kappa shape index (κ2) is 7.36. The molecule has 0 unspecified atom stereocenters. The van der Waals surface area contributed by atoms with Crippen molar-refractivity contribution >= 4 is 28.3 Å². The Morgan fingerprint density at radius 1 is 0.929 bits per heavy atom. The number of hydrogen-bond acceptors (Lipinski definition) is 3. The molecule has 0 aliphatic carbocycles. The maximum atomic E-state index is 12.4. The summed E-state index contributed by atoms with van der Waals surface area (Å²) in [5, 5.41) is 9.27. The predicted molar refractivity (Wildman–Crippen MR) is 108 cm³/mol. The fourth-order valence-corrected chi connectivity index (χ4v) is 3.04. The van der Waals surface area contributed by atoms with E-state index in [4.69, 9.17) is 5.73 Å². The number of benzene rings is 3. The summed E-state index contributed by atoms with van der Waals surface area (Å²) in [4.78, 5) is 23.5. The SMILES string of the molecule is NC(=O)c1ccn(-c2ccc(NC(=O)Cc3ccc4ccccc4c3)cc2)n1. The van der Waals surface area contributed by atoms with Crippen molar-refractivity contribution in [2.24, 2.45) is 5.73 Å². The summed E-state index contributed by atoms with van der Waals surface area (Å²) < 4.78 is 1.56. The van der Waals surface area contributed by atoms with Crippen LogP contribution in [0.3, 0.4) is 0 Å². The van der Waals surface area contributed by atoms with E-state index >= 15 is 0 Å². The van der Waals surface area contributed by atoms with Gasteiger partial charge in [0.05, 0.1) is 12.1 Å². The zero-order valence-electron chi connectivity index (χ0n) is 15.0. The van der Waals surface area contributed by atoms with Crippen LogP contribution in [0.1, 0.15) is 16.1 Å². The Hall–Kier alpha value is -3.93. The molecule has 0 aliphatic heterocycles. The number of carbonyl (C=O) groups excluding carboxylic acids is 2. The smallest absolute Gasteiger partial charge is 0.269 e. The standard InChI is InChI=1S/C22H18N4O2/c23-22(28)20-11-12-26(25-20)19-9-7-18(8-10-19)24-21(27)14-15-5-6-16-3-1-2-4-17(16)13-15/h1-13H,14H2,(H2,23,28)(H,24,27). The molecule has 138 valence electrons. The Bertz CT molecular complexity index is 1160. The number of anilines is 1. The molecular weight excluding hydrogens is 352 g/mol. The fraction of sp³-hybridized carbons (Fsp3) is 0.0455. The molecule has 0 saturated carbocycles. The van der Waals surface area contributed by atoms with Crippen molar-refractivity contribution in [1.29, 1.82) is 0 Å². The lowest BCUT2D eigenvalue weighted by molar-refractivity contribution is -0.115. The van der Waals surface area contributed by atoms with E-state index in [9.17, 15) is 9.59 Å². The van der Waals surface area contributed by atoms with Crippen molar-refractivity contribution < 1.29 is 9.59 Å². The number of hydrogen-bond donors (Lipinski definition) is 2. The van der Waals surface area contributed by atoms with Crippen LogP contribution in [0.4, 0.5) is 5.69 Å². The molecular formula is C22H18N4O2. The third kappa shape index (κ3) is 3.76. The summed E-state index contributed by atoms with van der Waals surface area (Å²) in [5.41, 5.74) is 7.83. The number of nitrogens with one attached hydrogen (secondary N) is 1. The lowest BCUT2D eigenvalue weighted by Crippen LogP contribution is -2.14. The first-order valence-electron chi connectivity index (χ1n) is 8.82. The van der Waals surface area contributed by atoms with Crippen LogP contribution in [-0.2, 0) is 11.2 Å². The number of nitrogens with two attached hydrogens (primary N) is 1. The Balaban J connectivity index is 1.43. The molecule has 0 atom stereocenters. The summed E-state index contributed by atoms with van der Waals surface area (Å²) in [6, 6.07) is 22.9. The van der Waals surface area contributed by atoms with Gasteiger partial charge in [-0.3, -0.25) is 9.59 Å². The first kappa shape index (κ1) is 17.5. The van der Waals surface area contributed by atoms with E-state index in [1.807, 2.05) is 54.6 Å². The van der Waals surface area contributed by atoms with E-state index in [1.54, 1.807) is 29.1 Å². The second-order valence-electron chi connectivity index (χ2n) is 6.46. The van der Waals surface area contributed by atoms with Gasteiger partial charge in [0.25, 0.3) is 5.91 Å². The highest BCUT2D eigenvalue weighted by Gasteiger charge is 2.08. The highest BCUT2D eigenvalue weighted by Crippen LogP contribution is 2.17. The number of amides is 2. The zero-order valence-corrected chi connectivity index (χ0v) is 15.0. The molecule has 28 heavy (non-hydrogen) atoms. The highest BCUT2D eigenvalue weighted by atomic mass is 16.2. The maximum absolute atomic E-state index is 12.4. The monoisotopic (exact) mass is 370 g/mol. The van der Waals surface area contributed by atoms with Gasteiger partial charge < -0.3 is 11.1 Å². The molecule has 1 heterocycles. The van der Waals surface area contributed by atoms with E-state index in [0.717, 1.165) is 22.0 Å². The van der Waals surface area contributed by atoms with Gasteiger partial charge in [0.2, 0.25) is 5.91 Å². The quantitative estimate of drug-likeness (QED) is 0.565. The van der Waals surface area contributed by atoms with Gasteiger partial charge in [0, 0.05) is 11.9 Å². The van der Waals surface area contributed by atoms with Crippen LogP contribution in [0, 0.1) is 0 Å². The molecule has 2 amide bonds. The van der Waals surface area contributed by atoms with Crippen molar-refractivity contribution in [3.8, 4) is 5.69 Å². The number of aromatic nitrogens is 2. The topological polar surface area (TPSA) is 90.0 Å². The maximum Gasteiger partial charge on any atom is 0.269 e. The molecule has 6 heteroatoms. The van der Waals surface area contributed by atoms with Gasteiger partial charge >= 0.3 is 0 Å². The lowest BCUT2D eigenvalue weighted by Gasteiger charge is -2.08. The molecule has 0 saturated heterocycles.